The first kappa shape index (κ1) is 16.9. The Balaban J connectivity index is 1.61. The van der Waals surface area contributed by atoms with Gasteiger partial charge in [0.25, 0.3) is 5.91 Å². The average molecular weight is 359 g/mol. The normalized spacial score (nSPS) is 14.1. The first-order valence-corrected chi connectivity index (χ1v) is 8.57. The zero-order valence-electron chi connectivity index (χ0n) is 14.7. The van der Waals surface area contributed by atoms with Crippen molar-refractivity contribution in [2.75, 3.05) is 4.90 Å². The first-order valence-electron chi connectivity index (χ1n) is 8.57. The number of rotatable bonds is 4. The molecule has 4 rings (SSSR count). The lowest BCUT2D eigenvalue weighted by atomic mass is 10.0. The summed E-state index contributed by atoms with van der Waals surface area (Å²) in [4.78, 5) is 33.8. The number of anilines is 1. The Kier molecular flexibility index (Phi) is 4.16. The molecule has 1 aliphatic rings. The standard InChI is InChI=1S/C21H17N3O3/c1-13(21(26)27)14-4-6-18(7-5-14)24-11-16-3-2-15(8-19(16)20(24)25)17-9-22-12-23-10-17/h2-10,12-13H,11H2,1H3,(H,26,27). The minimum Gasteiger partial charge on any atom is -0.481 e. The van der Waals surface area contributed by atoms with E-state index in [0.29, 0.717) is 17.7 Å². The molecule has 0 spiro atoms. The highest BCUT2D eigenvalue weighted by Crippen LogP contribution is 2.32. The predicted molar refractivity (Wildman–Crippen MR) is 100 cm³/mol. The van der Waals surface area contributed by atoms with E-state index < -0.39 is 11.9 Å². The topological polar surface area (TPSA) is 83.4 Å². The number of carbonyl (C=O) groups excluding carboxylic acids is 1. The molecule has 3 aromatic rings. The van der Waals surface area contributed by atoms with Crippen LogP contribution in [0.15, 0.2) is 61.2 Å². The summed E-state index contributed by atoms with van der Waals surface area (Å²) < 4.78 is 0. The van der Waals surface area contributed by atoms with Gasteiger partial charge in [0.2, 0.25) is 0 Å². The van der Waals surface area contributed by atoms with Crippen molar-refractivity contribution < 1.29 is 14.7 Å². The Morgan fingerprint density at radius 1 is 1.07 bits per heavy atom. The van der Waals surface area contributed by atoms with Gasteiger partial charge in [0, 0.05) is 29.2 Å². The molecule has 0 bridgehead atoms. The number of benzene rings is 2. The summed E-state index contributed by atoms with van der Waals surface area (Å²) in [6, 6.07) is 12.9. The molecule has 27 heavy (non-hydrogen) atoms. The van der Waals surface area contributed by atoms with Gasteiger partial charge in [-0.1, -0.05) is 24.3 Å². The van der Waals surface area contributed by atoms with Crippen molar-refractivity contribution in [3.05, 3.63) is 77.9 Å². The number of hydrogen-bond donors (Lipinski definition) is 1. The van der Waals surface area contributed by atoms with E-state index in [4.69, 9.17) is 5.11 Å². The van der Waals surface area contributed by atoms with Gasteiger partial charge in [-0.05, 0) is 41.8 Å². The SMILES string of the molecule is CC(C(=O)O)c1ccc(N2Cc3ccc(-c4cncnc4)cc3C2=O)cc1. The van der Waals surface area contributed by atoms with E-state index in [-0.39, 0.29) is 5.91 Å². The Morgan fingerprint density at radius 3 is 2.44 bits per heavy atom. The van der Waals surface area contributed by atoms with Crippen molar-refractivity contribution in [2.45, 2.75) is 19.4 Å². The minimum atomic E-state index is -0.871. The molecule has 1 N–H and O–H groups in total. The smallest absolute Gasteiger partial charge is 0.310 e. The van der Waals surface area contributed by atoms with Gasteiger partial charge in [-0.2, -0.15) is 0 Å². The van der Waals surface area contributed by atoms with Crippen LogP contribution in [-0.2, 0) is 11.3 Å². The third-order valence-electron chi connectivity index (χ3n) is 4.88. The van der Waals surface area contributed by atoms with Gasteiger partial charge >= 0.3 is 5.97 Å². The van der Waals surface area contributed by atoms with Gasteiger partial charge in [-0.3, -0.25) is 9.59 Å². The van der Waals surface area contributed by atoms with E-state index in [2.05, 4.69) is 9.97 Å². The molecule has 6 heteroatoms. The molecule has 1 unspecified atom stereocenters. The fourth-order valence-corrected chi connectivity index (χ4v) is 3.22. The molecule has 0 fully saturated rings. The van der Waals surface area contributed by atoms with Crippen molar-refractivity contribution in [3.8, 4) is 11.1 Å². The van der Waals surface area contributed by atoms with E-state index >= 15 is 0 Å². The summed E-state index contributed by atoms with van der Waals surface area (Å²) in [7, 11) is 0. The number of carbonyl (C=O) groups is 2. The van der Waals surface area contributed by atoms with E-state index in [9.17, 15) is 9.59 Å². The lowest BCUT2D eigenvalue weighted by Gasteiger charge is -2.16. The number of aromatic nitrogens is 2. The maximum absolute atomic E-state index is 12.9. The number of nitrogens with zero attached hydrogens (tertiary/aromatic N) is 3. The Bertz CT molecular complexity index is 1020. The lowest BCUT2D eigenvalue weighted by Crippen LogP contribution is -2.23. The average Bonchev–Trinajstić information content (AvgIpc) is 3.04. The first-order chi connectivity index (χ1) is 13.0. The lowest BCUT2D eigenvalue weighted by molar-refractivity contribution is -0.138. The van der Waals surface area contributed by atoms with Crippen molar-refractivity contribution in [3.63, 3.8) is 0 Å². The molecule has 1 amide bonds. The van der Waals surface area contributed by atoms with Crippen LogP contribution in [0.3, 0.4) is 0 Å². The highest BCUT2D eigenvalue weighted by Gasteiger charge is 2.29. The molecular formula is C21H17N3O3. The van der Waals surface area contributed by atoms with Crippen LogP contribution in [0.2, 0.25) is 0 Å². The molecule has 2 aromatic carbocycles. The van der Waals surface area contributed by atoms with Crippen LogP contribution in [-0.4, -0.2) is 27.0 Å². The Morgan fingerprint density at radius 2 is 1.78 bits per heavy atom. The number of aliphatic carboxylic acids is 1. The molecule has 6 nitrogen and oxygen atoms in total. The van der Waals surface area contributed by atoms with E-state index in [1.165, 1.54) is 6.33 Å². The zero-order chi connectivity index (χ0) is 19.0. The third-order valence-corrected chi connectivity index (χ3v) is 4.88. The molecule has 0 aliphatic carbocycles. The molecule has 1 aromatic heterocycles. The maximum atomic E-state index is 12.9. The van der Waals surface area contributed by atoms with Gasteiger partial charge in [0.05, 0.1) is 12.5 Å². The van der Waals surface area contributed by atoms with Crippen molar-refractivity contribution in [1.82, 2.24) is 9.97 Å². The van der Waals surface area contributed by atoms with Crippen LogP contribution in [0.1, 0.15) is 34.3 Å². The third kappa shape index (κ3) is 3.06. The zero-order valence-corrected chi connectivity index (χ0v) is 14.7. The van der Waals surface area contributed by atoms with Gasteiger partial charge in [0.15, 0.2) is 0 Å². The highest BCUT2D eigenvalue weighted by atomic mass is 16.4. The van der Waals surface area contributed by atoms with E-state index in [1.54, 1.807) is 48.5 Å². The fourth-order valence-electron chi connectivity index (χ4n) is 3.22. The molecule has 0 saturated carbocycles. The summed E-state index contributed by atoms with van der Waals surface area (Å²) >= 11 is 0. The quantitative estimate of drug-likeness (QED) is 0.771. The van der Waals surface area contributed by atoms with Gasteiger partial charge in [-0.15, -0.1) is 0 Å². The van der Waals surface area contributed by atoms with Crippen LogP contribution in [0, 0.1) is 0 Å². The number of fused-ring (bicyclic) bond motifs is 1. The number of amides is 1. The largest absolute Gasteiger partial charge is 0.481 e. The second-order valence-corrected chi connectivity index (χ2v) is 6.54. The van der Waals surface area contributed by atoms with Crippen molar-refractivity contribution in [2.24, 2.45) is 0 Å². The van der Waals surface area contributed by atoms with Crippen LogP contribution in [0.25, 0.3) is 11.1 Å². The fraction of sp³-hybridized carbons (Fsp3) is 0.143. The summed E-state index contributed by atoms with van der Waals surface area (Å²) in [5.41, 5.74) is 4.85. The van der Waals surface area contributed by atoms with Gasteiger partial charge in [-0.25, -0.2) is 9.97 Å². The van der Waals surface area contributed by atoms with E-state index in [0.717, 1.165) is 22.4 Å². The molecule has 0 saturated heterocycles. The number of carboxylic acids is 1. The Hall–Kier alpha value is -3.54. The number of hydrogen-bond acceptors (Lipinski definition) is 4. The summed E-state index contributed by atoms with van der Waals surface area (Å²) in [5.74, 6) is -1.52. The van der Waals surface area contributed by atoms with Crippen LogP contribution < -0.4 is 4.90 Å². The monoisotopic (exact) mass is 359 g/mol. The Labute approximate surface area is 156 Å². The number of carboxylic acid groups (broad SMARTS) is 1. The molecule has 134 valence electrons. The van der Waals surface area contributed by atoms with E-state index in [1.807, 2.05) is 18.2 Å². The molecule has 2 heterocycles. The summed E-state index contributed by atoms with van der Waals surface area (Å²) in [5, 5.41) is 9.12. The van der Waals surface area contributed by atoms with Crippen molar-refractivity contribution >= 4 is 17.6 Å². The molecule has 1 atom stereocenters. The molecule has 1 aliphatic heterocycles. The van der Waals surface area contributed by atoms with Crippen LogP contribution in [0.4, 0.5) is 5.69 Å². The maximum Gasteiger partial charge on any atom is 0.310 e. The molecule has 0 radical (unpaired) electrons. The van der Waals surface area contributed by atoms with Crippen LogP contribution in [0.5, 0.6) is 0 Å². The van der Waals surface area contributed by atoms with Gasteiger partial charge in [0.1, 0.15) is 6.33 Å². The van der Waals surface area contributed by atoms with Crippen LogP contribution >= 0.6 is 0 Å². The van der Waals surface area contributed by atoms with Crippen molar-refractivity contribution in [1.29, 1.82) is 0 Å². The minimum absolute atomic E-state index is 0.0669. The summed E-state index contributed by atoms with van der Waals surface area (Å²) in [6.07, 6.45) is 4.90. The second kappa shape index (κ2) is 6.64. The summed E-state index contributed by atoms with van der Waals surface area (Å²) in [6.45, 7) is 2.14. The second-order valence-electron chi connectivity index (χ2n) is 6.54. The highest BCUT2D eigenvalue weighted by molar-refractivity contribution is 6.10. The molecular weight excluding hydrogens is 342 g/mol. The van der Waals surface area contributed by atoms with Gasteiger partial charge < -0.3 is 10.0 Å². The predicted octanol–water partition coefficient (Wildman–Crippen LogP) is 3.49.